The number of aryl methyl sites for hydroxylation is 1. The van der Waals surface area contributed by atoms with E-state index >= 15 is 0 Å². The number of hydrogen-bond acceptors (Lipinski definition) is 1. The molecule has 0 spiro atoms. The lowest BCUT2D eigenvalue weighted by Crippen LogP contribution is -1.73. The van der Waals surface area contributed by atoms with E-state index in [9.17, 15) is 0 Å². The van der Waals surface area contributed by atoms with Crippen molar-refractivity contribution in [1.82, 2.24) is 0 Å². The van der Waals surface area contributed by atoms with Crippen molar-refractivity contribution in [2.24, 2.45) is 0 Å². The molecule has 68 valence electrons. The third-order valence-corrected chi connectivity index (χ3v) is 1.72. The second-order valence-corrected chi connectivity index (χ2v) is 2.88. The first-order valence-corrected chi connectivity index (χ1v) is 4.33. The number of aliphatic hydroxyl groups excluding tert-OH is 1. The van der Waals surface area contributed by atoms with Gasteiger partial charge in [0.25, 0.3) is 0 Å². The highest BCUT2D eigenvalue weighted by Crippen LogP contribution is 2.04. The maximum Gasteiger partial charge on any atom is 0.0615 e. The molecular weight excluding hydrogens is 160 g/mol. The first kappa shape index (κ1) is 9.75. The third-order valence-electron chi connectivity index (χ3n) is 1.72. The van der Waals surface area contributed by atoms with Crippen LogP contribution in [-0.2, 0) is 0 Å². The van der Waals surface area contributed by atoms with E-state index in [0.717, 1.165) is 0 Å². The van der Waals surface area contributed by atoms with Crippen LogP contribution < -0.4 is 0 Å². The van der Waals surface area contributed by atoms with E-state index in [-0.39, 0.29) is 6.61 Å². The first-order valence-electron chi connectivity index (χ1n) is 4.33. The Morgan fingerprint density at radius 2 is 1.85 bits per heavy atom. The molecule has 13 heavy (non-hydrogen) atoms. The number of hydrogen-bond donors (Lipinski definition) is 1. The van der Waals surface area contributed by atoms with Crippen LogP contribution >= 0.6 is 0 Å². The van der Waals surface area contributed by atoms with E-state index in [1.807, 2.05) is 18.2 Å². The van der Waals surface area contributed by atoms with Gasteiger partial charge in [-0.2, -0.15) is 0 Å². The Labute approximate surface area is 79.0 Å². The van der Waals surface area contributed by atoms with E-state index in [2.05, 4.69) is 31.2 Å². The average molecular weight is 174 g/mol. The molecule has 0 saturated heterocycles. The fraction of sp³-hybridized carbons (Fsp3) is 0.167. The normalized spacial score (nSPS) is 11.5. The number of rotatable bonds is 3. The van der Waals surface area contributed by atoms with Crippen LogP contribution in [0.5, 0.6) is 0 Å². The van der Waals surface area contributed by atoms with Gasteiger partial charge in [-0.25, -0.2) is 0 Å². The predicted octanol–water partition coefficient (Wildman–Crippen LogP) is 2.56. The maximum atomic E-state index is 8.48. The topological polar surface area (TPSA) is 20.2 Å². The van der Waals surface area contributed by atoms with Crippen LogP contribution in [0.15, 0.2) is 42.5 Å². The summed E-state index contributed by atoms with van der Waals surface area (Å²) in [7, 11) is 0. The summed E-state index contributed by atoms with van der Waals surface area (Å²) < 4.78 is 0. The molecule has 0 atom stereocenters. The van der Waals surface area contributed by atoms with Crippen molar-refractivity contribution in [3.63, 3.8) is 0 Å². The lowest BCUT2D eigenvalue weighted by molar-refractivity contribution is 0.343. The molecule has 0 aliphatic heterocycles. The quantitative estimate of drug-likeness (QED) is 0.698. The smallest absolute Gasteiger partial charge is 0.0615 e. The number of benzene rings is 1. The molecule has 1 rings (SSSR count). The van der Waals surface area contributed by atoms with Crippen molar-refractivity contribution in [3.8, 4) is 0 Å². The second-order valence-electron chi connectivity index (χ2n) is 2.88. The van der Waals surface area contributed by atoms with Gasteiger partial charge in [0.15, 0.2) is 0 Å². The van der Waals surface area contributed by atoms with Gasteiger partial charge in [0.05, 0.1) is 6.61 Å². The fourth-order valence-corrected chi connectivity index (χ4v) is 0.984. The molecule has 1 heteroatoms. The largest absolute Gasteiger partial charge is 0.392 e. The Morgan fingerprint density at radius 3 is 2.46 bits per heavy atom. The fourth-order valence-electron chi connectivity index (χ4n) is 0.984. The molecule has 1 nitrogen and oxygen atoms in total. The van der Waals surface area contributed by atoms with Crippen molar-refractivity contribution >= 4 is 6.08 Å². The summed E-state index contributed by atoms with van der Waals surface area (Å²) in [5.41, 5.74) is 2.44. The molecule has 1 aromatic rings. The van der Waals surface area contributed by atoms with Crippen molar-refractivity contribution in [1.29, 1.82) is 0 Å². The van der Waals surface area contributed by atoms with Crippen LogP contribution in [-0.4, -0.2) is 11.7 Å². The summed E-state index contributed by atoms with van der Waals surface area (Å²) in [5.74, 6) is 0. The summed E-state index contributed by atoms with van der Waals surface area (Å²) in [4.78, 5) is 0. The van der Waals surface area contributed by atoms with Crippen molar-refractivity contribution in [2.75, 3.05) is 6.61 Å². The molecule has 0 aliphatic carbocycles. The molecule has 1 aromatic carbocycles. The molecule has 0 aliphatic rings. The molecule has 0 fully saturated rings. The Kier molecular flexibility index (Phi) is 4.00. The molecule has 0 bridgehead atoms. The van der Waals surface area contributed by atoms with E-state index < -0.39 is 0 Å². The average Bonchev–Trinajstić information content (AvgIpc) is 2.15. The van der Waals surface area contributed by atoms with Gasteiger partial charge in [-0.15, -0.1) is 0 Å². The highest BCUT2D eigenvalue weighted by molar-refractivity contribution is 5.51. The minimum Gasteiger partial charge on any atom is -0.392 e. The minimum absolute atomic E-state index is 0.0955. The molecule has 0 saturated carbocycles. The first-order chi connectivity index (χ1) is 6.33. The molecule has 0 amide bonds. The Morgan fingerprint density at radius 1 is 1.15 bits per heavy atom. The van der Waals surface area contributed by atoms with Gasteiger partial charge in [0.1, 0.15) is 0 Å². The molecule has 0 aromatic heterocycles. The summed E-state index contributed by atoms with van der Waals surface area (Å²) in [6.07, 6.45) is 7.46. The highest BCUT2D eigenvalue weighted by atomic mass is 16.2. The predicted molar refractivity (Wildman–Crippen MR) is 56.4 cm³/mol. The van der Waals surface area contributed by atoms with E-state index in [1.54, 1.807) is 6.08 Å². The lowest BCUT2D eigenvalue weighted by atomic mass is 10.1. The number of aliphatic hydroxyl groups is 1. The lowest BCUT2D eigenvalue weighted by Gasteiger charge is -1.92. The van der Waals surface area contributed by atoms with Crippen LogP contribution in [0.3, 0.4) is 0 Å². The van der Waals surface area contributed by atoms with Gasteiger partial charge in [-0.05, 0) is 12.5 Å². The number of allylic oxidation sites excluding steroid dienone is 2. The molecule has 0 unspecified atom stereocenters. The zero-order valence-corrected chi connectivity index (χ0v) is 7.77. The third kappa shape index (κ3) is 3.72. The van der Waals surface area contributed by atoms with Gasteiger partial charge < -0.3 is 5.11 Å². The summed E-state index contributed by atoms with van der Waals surface area (Å²) in [6.45, 7) is 2.16. The van der Waals surface area contributed by atoms with Crippen LogP contribution in [0.25, 0.3) is 6.08 Å². The SMILES string of the molecule is Cc1ccc(/C=C/C=C/CO)cc1. The van der Waals surface area contributed by atoms with Crippen LogP contribution in [0, 0.1) is 6.92 Å². The van der Waals surface area contributed by atoms with Gasteiger partial charge in [-0.3, -0.25) is 0 Å². The van der Waals surface area contributed by atoms with E-state index in [0.29, 0.717) is 0 Å². The van der Waals surface area contributed by atoms with Gasteiger partial charge in [0, 0.05) is 0 Å². The molecule has 1 N–H and O–H groups in total. The zero-order valence-electron chi connectivity index (χ0n) is 7.77. The van der Waals surface area contributed by atoms with Gasteiger partial charge >= 0.3 is 0 Å². The zero-order chi connectivity index (χ0) is 9.52. The van der Waals surface area contributed by atoms with Crippen LogP contribution in [0.1, 0.15) is 11.1 Å². The van der Waals surface area contributed by atoms with Crippen molar-refractivity contribution in [3.05, 3.63) is 53.6 Å². The highest BCUT2D eigenvalue weighted by Gasteiger charge is 1.84. The Balaban J connectivity index is 2.59. The van der Waals surface area contributed by atoms with Crippen LogP contribution in [0.2, 0.25) is 0 Å². The molecule has 0 radical (unpaired) electrons. The monoisotopic (exact) mass is 174 g/mol. The Hall–Kier alpha value is -1.34. The Bertz CT molecular complexity index is 293. The molecule has 0 heterocycles. The van der Waals surface area contributed by atoms with Gasteiger partial charge in [0.2, 0.25) is 0 Å². The standard InChI is InChI=1S/C12H14O/c1-11-6-8-12(9-7-11)5-3-2-4-10-13/h2-9,13H,10H2,1H3/b4-2+,5-3+. The second kappa shape index (κ2) is 5.33. The molecular formula is C12H14O. The maximum absolute atomic E-state index is 8.48. The summed E-state index contributed by atoms with van der Waals surface area (Å²) in [5, 5.41) is 8.48. The van der Waals surface area contributed by atoms with Crippen molar-refractivity contribution in [2.45, 2.75) is 6.92 Å². The van der Waals surface area contributed by atoms with E-state index in [4.69, 9.17) is 5.11 Å². The minimum atomic E-state index is 0.0955. The summed E-state index contributed by atoms with van der Waals surface area (Å²) in [6, 6.07) is 8.29. The van der Waals surface area contributed by atoms with Gasteiger partial charge in [-0.1, -0.05) is 54.1 Å². The van der Waals surface area contributed by atoms with Crippen LogP contribution in [0.4, 0.5) is 0 Å². The summed E-state index contributed by atoms with van der Waals surface area (Å²) >= 11 is 0. The van der Waals surface area contributed by atoms with Crippen molar-refractivity contribution < 1.29 is 5.11 Å². The van der Waals surface area contributed by atoms with E-state index in [1.165, 1.54) is 11.1 Å².